The smallest absolute Gasteiger partial charge is 0.0919 e. The van der Waals surface area contributed by atoms with Crippen LogP contribution in [0.2, 0.25) is 0 Å². The lowest BCUT2D eigenvalue weighted by Gasteiger charge is -2.24. The summed E-state index contributed by atoms with van der Waals surface area (Å²) in [6.45, 7) is 9.55. The third-order valence-electron chi connectivity index (χ3n) is 4.73. The normalized spacial score (nSPS) is 22.5. The van der Waals surface area contributed by atoms with Crippen LogP contribution in [0.1, 0.15) is 55.4 Å². The van der Waals surface area contributed by atoms with Gasteiger partial charge in [0.2, 0.25) is 0 Å². The van der Waals surface area contributed by atoms with Crippen LogP contribution in [0.5, 0.6) is 0 Å². The summed E-state index contributed by atoms with van der Waals surface area (Å²) >= 11 is 0. The Balaban J connectivity index is 1.95. The molecule has 1 aliphatic rings. The van der Waals surface area contributed by atoms with Gasteiger partial charge in [-0.25, -0.2) is 0 Å². The van der Waals surface area contributed by atoms with Crippen molar-refractivity contribution in [1.82, 2.24) is 4.90 Å². The zero-order valence-corrected chi connectivity index (χ0v) is 13.2. The van der Waals surface area contributed by atoms with Crippen LogP contribution in [0.25, 0.3) is 0 Å². The quantitative estimate of drug-likeness (QED) is 0.902. The van der Waals surface area contributed by atoms with Crippen LogP contribution in [-0.4, -0.2) is 29.6 Å². The Labute approximate surface area is 123 Å². The number of aryl methyl sites for hydroxylation is 2. The van der Waals surface area contributed by atoms with Crippen LogP contribution >= 0.6 is 0 Å². The molecule has 1 aromatic rings. The first kappa shape index (κ1) is 15.5. The fraction of sp³-hybridized carbons (Fsp3) is 0.667. The van der Waals surface area contributed by atoms with Gasteiger partial charge < -0.3 is 10.0 Å². The number of nitrogens with zero attached hydrogens (tertiary/aromatic N) is 1. The lowest BCUT2D eigenvalue weighted by molar-refractivity contribution is 0.114. The van der Waals surface area contributed by atoms with Crippen LogP contribution in [0, 0.1) is 19.8 Å². The molecule has 2 atom stereocenters. The minimum Gasteiger partial charge on any atom is -0.387 e. The molecule has 0 spiro atoms. The van der Waals surface area contributed by atoms with E-state index in [1.54, 1.807) is 0 Å². The number of aliphatic hydroxyl groups excluding tert-OH is 1. The number of β-amino-alcohol motifs (C(OH)–C–C–N with tert-alkyl or cyclic N) is 1. The van der Waals surface area contributed by atoms with Crippen LogP contribution < -0.4 is 0 Å². The highest BCUT2D eigenvalue weighted by atomic mass is 16.3. The van der Waals surface area contributed by atoms with Crippen molar-refractivity contribution in [2.45, 2.75) is 52.6 Å². The topological polar surface area (TPSA) is 23.5 Å². The van der Waals surface area contributed by atoms with E-state index in [1.165, 1.54) is 36.8 Å². The average Bonchev–Trinajstić information content (AvgIpc) is 2.63. The number of aliphatic hydroxyl groups is 1. The van der Waals surface area contributed by atoms with Crippen molar-refractivity contribution in [3.05, 3.63) is 34.9 Å². The molecule has 2 rings (SSSR count). The van der Waals surface area contributed by atoms with E-state index < -0.39 is 0 Å². The maximum absolute atomic E-state index is 10.5. The Morgan fingerprint density at radius 2 is 2.05 bits per heavy atom. The minimum absolute atomic E-state index is 0.353. The zero-order chi connectivity index (χ0) is 14.5. The second-order valence-corrected chi connectivity index (χ2v) is 6.38. The summed E-state index contributed by atoms with van der Waals surface area (Å²) in [6, 6.07) is 6.34. The van der Waals surface area contributed by atoms with Gasteiger partial charge >= 0.3 is 0 Å². The molecule has 0 radical (unpaired) electrons. The van der Waals surface area contributed by atoms with E-state index in [9.17, 15) is 5.11 Å². The molecule has 112 valence electrons. The summed E-state index contributed by atoms with van der Waals surface area (Å²) < 4.78 is 0. The highest BCUT2D eigenvalue weighted by Gasteiger charge is 2.19. The number of hydrogen-bond acceptors (Lipinski definition) is 2. The molecule has 1 saturated heterocycles. The summed E-state index contributed by atoms with van der Waals surface area (Å²) in [5, 5.41) is 10.5. The molecule has 0 aromatic heterocycles. The molecule has 20 heavy (non-hydrogen) atoms. The molecule has 0 bridgehead atoms. The Kier molecular flexibility index (Phi) is 5.62. The molecular formula is C18H29NO. The predicted octanol–water partition coefficient (Wildman–Crippen LogP) is 3.85. The second kappa shape index (κ2) is 7.24. The van der Waals surface area contributed by atoms with Gasteiger partial charge in [0, 0.05) is 6.54 Å². The van der Waals surface area contributed by atoms with Gasteiger partial charge in [0.1, 0.15) is 0 Å². The van der Waals surface area contributed by atoms with Crippen molar-refractivity contribution in [3.8, 4) is 0 Å². The summed E-state index contributed by atoms with van der Waals surface area (Å²) in [5.74, 6) is 0.887. The molecule has 2 heteroatoms. The molecule has 1 heterocycles. The molecule has 1 aromatic carbocycles. The molecular weight excluding hydrogens is 246 g/mol. The van der Waals surface area contributed by atoms with Crippen molar-refractivity contribution in [3.63, 3.8) is 0 Å². The first-order chi connectivity index (χ1) is 9.60. The predicted molar refractivity (Wildman–Crippen MR) is 84.9 cm³/mol. The van der Waals surface area contributed by atoms with Crippen LogP contribution in [-0.2, 0) is 0 Å². The molecule has 1 N–H and O–H groups in total. The maximum atomic E-state index is 10.5. The van der Waals surface area contributed by atoms with Gasteiger partial charge in [-0.3, -0.25) is 0 Å². The van der Waals surface area contributed by atoms with Crippen LogP contribution in [0.3, 0.4) is 0 Å². The first-order valence-electron chi connectivity index (χ1n) is 8.07. The summed E-state index contributed by atoms with van der Waals surface area (Å²) in [4.78, 5) is 2.44. The summed E-state index contributed by atoms with van der Waals surface area (Å²) in [7, 11) is 0. The minimum atomic E-state index is -0.353. The van der Waals surface area contributed by atoms with Gasteiger partial charge in [-0.2, -0.15) is 0 Å². The Morgan fingerprint density at radius 3 is 2.75 bits per heavy atom. The molecule has 2 unspecified atom stereocenters. The maximum Gasteiger partial charge on any atom is 0.0919 e. The fourth-order valence-corrected chi connectivity index (χ4v) is 3.36. The molecule has 1 aliphatic heterocycles. The average molecular weight is 275 g/mol. The summed E-state index contributed by atoms with van der Waals surface area (Å²) in [6.07, 6.45) is 4.86. The van der Waals surface area contributed by atoms with E-state index in [4.69, 9.17) is 0 Å². The van der Waals surface area contributed by atoms with E-state index in [0.29, 0.717) is 0 Å². The van der Waals surface area contributed by atoms with Crippen LogP contribution in [0.15, 0.2) is 18.2 Å². The van der Waals surface area contributed by atoms with Gasteiger partial charge in [0.05, 0.1) is 6.10 Å². The molecule has 1 fully saturated rings. The Morgan fingerprint density at radius 1 is 1.25 bits per heavy atom. The van der Waals surface area contributed by atoms with E-state index in [-0.39, 0.29) is 6.10 Å². The Bertz CT molecular complexity index is 429. The van der Waals surface area contributed by atoms with E-state index in [0.717, 1.165) is 31.1 Å². The number of likely N-dealkylation sites (tertiary alicyclic amines) is 1. The highest BCUT2D eigenvalue weighted by Crippen LogP contribution is 2.24. The highest BCUT2D eigenvalue weighted by molar-refractivity contribution is 5.32. The van der Waals surface area contributed by atoms with E-state index >= 15 is 0 Å². The third-order valence-corrected chi connectivity index (χ3v) is 4.73. The molecule has 0 aliphatic carbocycles. The molecule has 0 saturated carbocycles. The molecule has 2 nitrogen and oxygen atoms in total. The van der Waals surface area contributed by atoms with Crippen molar-refractivity contribution in [2.24, 2.45) is 5.92 Å². The van der Waals surface area contributed by atoms with Crippen molar-refractivity contribution in [2.75, 3.05) is 19.6 Å². The third kappa shape index (κ3) is 4.07. The van der Waals surface area contributed by atoms with Crippen molar-refractivity contribution >= 4 is 0 Å². The molecule has 0 amide bonds. The lowest BCUT2D eigenvalue weighted by atomic mass is 9.98. The van der Waals surface area contributed by atoms with Gasteiger partial charge in [0.25, 0.3) is 0 Å². The number of benzene rings is 1. The van der Waals surface area contributed by atoms with Crippen LogP contribution in [0.4, 0.5) is 0 Å². The van der Waals surface area contributed by atoms with E-state index in [1.807, 2.05) is 0 Å². The van der Waals surface area contributed by atoms with Gasteiger partial charge in [0.15, 0.2) is 0 Å². The zero-order valence-electron chi connectivity index (χ0n) is 13.2. The summed E-state index contributed by atoms with van der Waals surface area (Å²) in [5.41, 5.74) is 3.56. The van der Waals surface area contributed by atoms with E-state index in [2.05, 4.69) is 43.9 Å². The van der Waals surface area contributed by atoms with Gasteiger partial charge in [-0.1, -0.05) is 37.1 Å². The number of rotatable bonds is 4. The first-order valence-corrected chi connectivity index (χ1v) is 8.07. The lowest BCUT2D eigenvalue weighted by Crippen LogP contribution is -2.30. The standard InChI is InChI=1S/C18H29NO/c1-4-16-6-5-10-19(11-9-16)13-18(20)17-8-7-14(2)12-15(17)3/h7-8,12,16,18,20H,4-6,9-11,13H2,1-3H3. The second-order valence-electron chi connectivity index (χ2n) is 6.38. The van der Waals surface area contributed by atoms with Gasteiger partial charge in [-0.05, 0) is 63.2 Å². The largest absolute Gasteiger partial charge is 0.387 e. The SMILES string of the molecule is CCC1CCCN(CC(O)c2ccc(C)cc2C)CC1. The monoisotopic (exact) mass is 275 g/mol. The van der Waals surface area contributed by atoms with Crippen molar-refractivity contribution < 1.29 is 5.11 Å². The van der Waals surface area contributed by atoms with Gasteiger partial charge in [-0.15, -0.1) is 0 Å². The Hall–Kier alpha value is -0.860. The number of hydrogen-bond donors (Lipinski definition) is 1. The fourth-order valence-electron chi connectivity index (χ4n) is 3.36. The van der Waals surface area contributed by atoms with Crippen molar-refractivity contribution in [1.29, 1.82) is 0 Å².